The molecule has 1 saturated carbocycles. The Hall–Kier alpha value is -0.670. The van der Waals surface area contributed by atoms with Gasteiger partial charge in [0.2, 0.25) is 0 Å². The lowest BCUT2D eigenvalue weighted by molar-refractivity contribution is 0.133. The molecule has 0 heterocycles. The van der Waals surface area contributed by atoms with Crippen LogP contribution >= 0.6 is 24.0 Å². The van der Waals surface area contributed by atoms with Gasteiger partial charge in [0.15, 0.2) is 5.96 Å². The Kier molecular flexibility index (Phi) is 14.6. The van der Waals surface area contributed by atoms with Crippen LogP contribution in [0.25, 0.3) is 0 Å². The van der Waals surface area contributed by atoms with Crippen LogP contribution in [-0.4, -0.2) is 54.0 Å². The maximum Gasteiger partial charge on any atom is 0.191 e. The molecule has 0 bridgehead atoms. The second-order valence-electron chi connectivity index (χ2n) is 7.35. The van der Waals surface area contributed by atoms with Crippen LogP contribution in [0.3, 0.4) is 0 Å². The smallest absolute Gasteiger partial charge is 0.191 e. The summed E-state index contributed by atoms with van der Waals surface area (Å²) in [6, 6.07) is 10.8. The molecule has 1 aromatic rings. The molecular formula is C22H38IN3O2S. The van der Waals surface area contributed by atoms with E-state index in [4.69, 9.17) is 4.74 Å². The van der Waals surface area contributed by atoms with Gasteiger partial charge in [-0.25, -0.2) is 0 Å². The first-order valence-corrected chi connectivity index (χ1v) is 12.1. The number of nitrogens with one attached hydrogen (secondary N) is 2. The SMILES string of the molecule is CCS(=O)C1CCCC(NC(=NC)NCCCCOCCc2ccccc2)C1.I. The van der Waals surface area contributed by atoms with Crippen LogP contribution in [-0.2, 0) is 22.0 Å². The van der Waals surface area contributed by atoms with Crippen LogP contribution in [0.2, 0.25) is 0 Å². The summed E-state index contributed by atoms with van der Waals surface area (Å²) in [6.07, 6.45) is 7.42. The Bertz CT molecular complexity index is 601. The molecule has 0 saturated heterocycles. The first-order valence-electron chi connectivity index (χ1n) is 10.7. The number of ether oxygens (including phenoxy) is 1. The summed E-state index contributed by atoms with van der Waals surface area (Å²) in [5.74, 6) is 1.62. The van der Waals surface area contributed by atoms with Gasteiger partial charge in [-0.3, -0.25) is 9.20 Å². The predicted molar refractivity (Wildman–Crippen MR) is 135 cm³/mol. The van der Waals surface area contributed by atoms with Crippen LogP contribution in [0.1, 0.15) is 51.0 Å². The molecule has 7 heteroatoms. The van der Waals surface area contributed by atoms with Gasteiger partial charge in [0, 0.05) is 48.0 Å². The fourth-order valence-corrected chi connectivity index (χ4v) is 4.96. The van der Waals surface area contributed by atoms with Crippen LogP contribution in [0.4, 0.5) is 0 Å². The number of hydrogen-bond donors (Lipinski definition) is 2. The zero-order valence-corrected chi connectivity index (χ0v) is 21.0. The number of guanidine groups is 1. The quantitative estimate of drug-likeness (QED) is 0.195. The lowest BCUT2D eigenvalue weighted by Crippen LogP contribution is -2.46. The monoisotopic (exact) mass is 535 g/mol. The zero-order valence-electron chi connectivity index (χ0n) is 17.9. The molecule has 166 valence electrons. The average Bonchev–Trinajstić information content (AvgIpc) is 2.75. The maximum absolute atomic E-state index is 12.1. The minimum atomic E-state index is -0.689. The average molecular weight is 536 g/mol. The summed E-state index contributed by atoms with van der Waals surface area (Å²) in [7, 11) is 1.12. The number of aliphatic imine (C=N–C) groups is 1. The first kappa shape index (κ1) is 26.4. The van der Waals surface area contributed by atoms with Gasteiger partial charge >= 0.3 is 0 Å². The van der Waals surface area contributed by atoms with Crippen molar-refractivity contribution in [3.8, 4) is 0 Å². The molecular weight excluding hydrogens is 497 g/mol. The molecule has 1 aliphatic rings. The van der Waals surface area contributed by atoms with Crippen molar-refractivity contribution in [3.05, 3.63) is 35.9 Å². The minimum absolute atomic E-state index is 0. The van der Waals surface area contributed by atoms with Crippen molar-refractivity contribution in [1.82, 2.24) is 10.6 Å². The van der Waals surface area contributed by atoms with Gasteiger partial charge in [0.1, 0.15) is 0 Å². The Labute approximate surface area is 196 Å². The second kappa shape index (κ2) is 16.1. The number of unbranched alkanes of at least 4 members (excludes halogenated alkanes) is 1. The molecule has 5 nitrogen and oxygen atoms in total. The topological polar surface area (TPSA) is 62.7 Å². The molecule has 0 amide bonds. The summed E-state index contributed by atoms with van der Waals surface area (Å²) in [6.45, 7) is 4.48. The molecule has 3 atom stereocenters. The number of halogens is 1. The molecule has 1 aliphatic carbocycles. The first-order chi connectivity index (χ1) is 13.7. The van der Waals surface area contributed by atoms with Crippen LogP contribution in [0.5, 0.6) is 0 Å². The van der Waals surface area contributed by atoms with E-state index in [1.807, 2.05) is 20.0 Å². The number of nitrogens with zero attached hydrogens (tertiary/aromatic N) is 1. The van der Waals surface area contributed by atoms with Gasteiger partial charge in [0.25, 0.3) is 0 Å². The Morgan fingerprint density at radius 1 is 1.21 bits per heavy atom. The second-order valence-corrected chi connectivity index (χ2v) is 9.36. The van der Waals surface area contributed by atoms with E-state index in [-0.39, 0.29) is 24.0 Å². The molecule has 0 aromatic heterocycles. The highest BCUT2D eigenvalue weighted by atomic mass is 127. The van der Waals surface area contributed by atoms with Crippen molar-refractivity contribution in [1.29, 1.82) is 0 Å². The van der Waals surface area contributed by atoms with E-state index in [0.29, 0.717) is 11.3 Å². The third-order valence-electron chi connectivity index (χ3n) is 5.23. The number of rotatable bonds is 11. The van der Waals surface area contributed by atoms with Gasteiger partial charge in [-0.1, -0.05) is 43.7 Å². The minimum Gasteiger partial charge on any atom is -0.381 e. The van der Waals surface area contributed by atoms with Crippen molar-refractivity contribution in [2.75, 3.05) is 32.6 Å². The molecule has 2 rings (SSSR count). The summed E-state index contributed by atoms with van der Waals surface area (Å²) < 4.78 is 17.8. The van der Waals surface area contributed by atoms with Gasteiger partial charge in [-0.2, -0.15) is 0 Å². The van der Waals surface area contributed by atoms with Gasteiger partial charge in [0.05, 0.1) is 6.61 Å². The van der Waals surface area contributed by atoms with Crippen LogP contribution < -0.4 is 10.6 Å². The normalized spacial score (nSPS) is 20.6. The van der Waals surface area contributed by atoms with Crippen molar-refractivity contribution in [3.63, 3.8) is 0 Å². The lowest BCUT2D eigenvalue weighted by Gasteiger charge is -2.30. The summed E-state index contributed by atoms with van der Waals surface area (Å²) in [5, 5.41) is 7.25. The van der Waals surface area contributed by atoms with E-state index >= 15 is 0 Å². The van der Waals surface area contributed by atoms with E-state index in [1.165, 1.54) is 5.56 Å². The van der Waals surface area contributed by atoms with Crippen molar-refractivity contribution < 1.29 is 8.95 Å². The van der Waals surface area contributed by atoms with E-state index < -0.39 is 10.8 Å². The van der Waals surface area contributed by atoms with E-state index in [1.54, 1.807) is 0 Å². The molecule has 29 heavy (non-hydrogen) atoms. The van der Waals surface area contributed by atoms with Gasteiger partial charge < -0.3 is 15.4 Å². The van der Waals surface area contributed by atoms with Crippen molar-refractivity contribution in [2.45, 2.75) is 63.2 Å². The Morgan fingerprint density at radius 3 is 2.72 bits per heavy atom. The molecule has 2 N–H and O–H groups in total. The zero-order chi connectivity index (χ0) is 20.0. The Morgan fingerprint density at radius 2 is 2.00 bits per heavy atom. The van der Waals surface area contributed by atoms with E-state index in [0.717, 1.165) is 76.4 Å². The van der Waals surface area contributed by atoms with E-state index in [2.05, 4.69) is 39.9 Å². The Balaban J connectivity index is 0.00000420. The van der Waals surface area contributed by atoms with Crippen LogP contribution in [0.15, 0.2) is 35.3 Å². The third-order valence-corrected chi connectivity index (χ3v) is 6.97. The van der Waals surface area contributed by atoms with Crippen LogP contribution in [0, 0.1) is 0 Å². The molecule has 1 fully saturated rings. The van der Waals surface area contributed by atoms with Crippen molar-refractivity contribution in [2.24, 2.45) is 4.99 Å². The standard InChI is InChI=1S/C22H37N3O2S.HI/c1-3-28(26)21-13-9-12-20(18-21)25-22(23-2)24-15-7-8-16-27-17-14-19-10-5-4-6-11-19;/h4-6,10-11,20-21H,3,7-9,12-18H2,1-2H3,(H2,23,24,25);1H. The number of benzene rings is 1. The highest BCUT2D eigenvalue weighted by Gasteiger charge is 2.25. The van der Waals surface area contributed by atoms with Gasteiger partial charge in [-0.15, -0.1) is 24.0 Å². The van der Waals surface area contributed by atoms with Gasteiger partial charge in [-0.05, 0) is 44.1 Å². The fourth-order valence-electron chi connectivity index (χ4n) is 3.61. The number of hydrogen-bond acceptors (Lipinski definition) is 3. The molecule has 3 unspecified atom stereocenters. The summed E-state index contributed by atoms with van der Waals surface area (Å²) in [5.41, 5.74) is 1.33. The highest BCUT2D eigenvalue weighted by molar-refractivity contribution is 14.0. The molecule has 0 spiro atoms. The lowest BCUT2D eigenvalue weighted by atomic mass is 9.95. The fraction of sp³-hybridized carbons (Fsp3) is 0.682. The predicted octanol–water partition coefficient (Wildman–Crippen LogP) is 3.89. The maximum atomic E-state index is 12.1. The van der Waals surface area contributed by atoms with E-state index in [9.17, 15) is 4.21 Å². The molecule has 0 aliphatic heterocycles. The summed E-state index contributed by atoms with van der Waals surface area (Å²) in [4.78, 5) is 4.34. The highest BCUT2D eigenvalue weighted by Crippen LogP contribution is 2.22. The summed E-state index contributed by atoms with van der Waals surface area (Å²) >= 11 is 0. The molecule has 1 aromatic carbocycles. The van der Waals surface area contributed by atoms with Crippen molar-refractivity contribution >= 4 is 40.7 Å². The largest absolute Gasteiger partial charge is 0.381 e. The molecule has 0 radical (unpaired) electrons. The third kappa shape index (κ3) is 10.8.